The highest BCUT2D eigenvalue weighted by Crippen LogP contribution is 2.17. The molecule has 1 aromatic carbocycles. The minimum atomic E-state index is -2.97. The second-order valence-corrected chi connectivity index (χ2v) is 10.6. The topological polar surface area (TPSA) is 69.7 Å². The molecule has 28 heavy (non-hydrogen) atoms. The van der Waals surface area contributed by atoms with E-state index in [1.807, 2.05) is 24.3 Å². The van der Waals surface area contributed by atoms with Crippen LogP contribution in [0.1, 0.15) is 64.4 Å². The highest BCUT2D eigenvalue weighted by molar-refractivity contribution is 7.91. The summed E-state index contributed by atoms with van der Waals surface area (Å²) in [6.07, 6.45) is 6.63. The minimum Gasteiger partial charge on any atom is -0.491 e. The van der Waals surface area contributed by atoms with E-state index in [2.05, 4.69) is 0 Å². The number of hydrogen-bond donors (Lipinski definition) is 0. The lowest BCUT2D eigenvalue weighted by atomic mass is 10.0. The number of ketones is 1. The monoisotopic (exact) mass is 410 g/mol. The van der Waals surface area contributed by atoms with Crippen LogP contribution >= 0.6 is 0 Å². The number of benzene rings is 1. The Bertz CT molecular complexity index is 688. The van der Waals surface area contributed by atoms with E-state index in [-0.39, 0.29) is 22.9 Å². The molecule has 1 aromatic rings. The van der Waals surface area contributed by atoms with Crippen molar-refractivity contribution in [1.82, 2.24) is 0 Å². The summed E-state index contributed by atoms with van der Waals surface area (Å²) in [5, 5.41) is -0.323. The minimum absolute atomic E-state index is 0.186. The Morgan fingerprint density at radius 1 is 1.14 bits per heavy atom. The van der Waals surface area contributed by atoms with Crippen LogP contribution in [-0.2, 0) is 25.8 Å². The summed E-state index contributed by atoms with van der Waals surface area (Å²) in [6, 6.07) is 7.68. The molecule has 0 radical (unpaired) electrons. The summed E-state index contributed by atoms with van der Waals surface area (Å²) >= 11 is 0. The third kappa shape index (κ3) is 8.31. The maximum atomic E-state index is 12.1. The molecule has 0 saturated carbocycles. The molecule has 1 atom stereocenters. The van der Waals surface area contributed by atoms with E-state index in [9.17, 15) is 13.2 Å². The zero-order valence-corrected chi connectivity index (χ0v) is 18.0. The van der Waals surface area contributed by atoms with Gasteiger partial charge in [0.2, 0.25) is 0 Å². The normalized spacial score (nSPS) is 17.6. The van der Waals surface area contributed by atoms with Gasteiger partial charge in [-0.15, -0.1) is 0 Å². The molecule has 1 unspecified atom stereocenters. The lowest BCUT2D eigenvalue weighted by Crippen LogP contribution is -2.25. The molecule has 0 spiro atoms. The zero-order chi connectivity index (χ0) is 20.4. The fraction of sp³-hybridized carbons (Fsp3) is 0.682. The van der Waals surface area contributed by atoms with Crippen LogP contribution in [0.25, 0.3) is 0 Å². The quantitative estimate of drug-likeness (QED) is 0.485. The predicted octanol–water partition coefficient (Wildman–Crippen LogP) is 4.13. The van der Waals surface area contributed by atoms with Gasteiger partial charge in [-0.3, -0.25) is 4.79 Å². The van der Waals surface area contributed by atoms with Gasteiger partial charge in [-0.1, -0.05) is 18.6 Å². The first-order valence-electron chi connectivity index (χ1n) is 10.4. The van der Waals surface area contributed by atoms with Gasteiger partial charge in [0.15, 0.2) is 9.84 Å². The molecule has 2 rings (SSSR count). The summed E-state index contributed by atoms with van der Waals surface area (Å²) in [4.78, 5) is 12.1. The molecular weight excluding hydrogens is 376 g/mol. The van der Waals surface area contributed by atoms with Crippen LogP contribution in [-0.4, -0.2) is 44.5 Å². The molecule has 1 saturated heterocycles. The fourth-order valence-electron chi connectivity index (χ4n) is 3.19. The summed E-state index contributed by atoms with van der Waals surface area (Å²) in [6.45, 7) is 4.81. The van der Waals surface area contributed by atoms with Gasteiger partial charge in [-0.25, -0.2) is 8.42 Å². The molecule has 0 bridgehead atoms. The zero-order valence-electron chi connectivity index (χ0n) is 17.2. The van der Waals surface area contributed by atoms with Crippen LogP contribution in [0.5, 0.6) is 5.75 Å². The fourth-order valence-corrected chi connectivity index (χ4v) is 4.26. The van der Waals surface area contributed by atoms with E-state index in [0.717, 1.165) is 43.6 Å². The highest BCUT2D eigenvalue weighted by Gasteiger charge is 2.16. The summed E-state index contributed by atoms with van der Waals surface area (Å²) < 4.78 is 34.9. The second-order valence-electron chi connectivity index (χ2n) is 7.89. The van der Waals surface area contributed by atoms with Crippen molar-refractivity contribution in [2.45, 2.75) is 76.6 Å². The molecule has 6 heteroatoms. The average Bonchev–Trinajstić information content (AvgIpc) is 2.68. The maximum Gasteiger partial charge on any atom is 0.152 e. The highest BCUT2D eigenvalue weighted by atomic mass is 32.2. The Balaban J connectivity index is 1.62. The van der Waals surface area contributed by atoms with E-state index in [4.69, 9.17) is 9.47 Å². The van der Waals surface area contributed by atoms with Gasteiger partial charge < -0.3 is 9.47 Å². The van der Waals surface area contributed by atoms with Gasteiger partial charge in [0.05, 0.1) is 17.1 Å². The van der Waals surface area contributed by atoms with Gasteiger partial charge in [0.1, 0.15) is 18.1 Å². The van der Waals surface area contributed by atoms with Gasteiger partial charge >= 0.3 is 0 Å². The molecule has 0 aliphatic carbocycles. The molecule has 1 fully saturated rings. The average molecular weight is 411 g/mol. The second kappa shape index (κ2) is 11.6. The largest absolute Gasteiger partial charge is 0.491 e. The van der Waals surface area contributed by atoms with Crippen LogP contribution in [0.4, 0.5) is 0 Å². The van der Waals surface area contributed by atoms with Crippen molar-refractivity contribution in [2.24, 2.45) is 0 Å². The molecular formula is C22H34O5S. The SMILES string of the molecule is CC(C)S(=O)(=O)CCCCCC(=O)Cc1ccc(OCC2CCCCO2)cc1. The third-order valence-electron chi connectivity index (χ3n) is 5.14. The molecule has 158 valence electrons. The Morgan fingerprint density at radius 2 is 1.89 bits per heavy atom. The van der Waals surface area contributed by atoms with Crippen molar-refractivity contribution in [2.75, 3.05) is 19.0 Å². The van der Waals surface area contributed by atoms with E-state index >= 15 is 0 Å². The first-order chi connectivity index (χ1) is 13.4. The van der Waals surface area contributed by atoms with Crippen LogP contribution in [0.15, 0.2) is 24.3 Å². The lowest BCUT2D eigenvalue weighted by molar-refractivity contribution is -0.118. The number of unbranched alkanes of at least 4 members (excludes halogenated alkanes) is 2. The number of carbonyl (C=O) groups is 1. The number of Topliss-reactive ketones (excluding diaryl/α,β-unsaturated/α-hetero) is 1. The number of sulfone groups is 1. The van der Waals surface area contributed by atoms with Crippen molar-refractivity contribution in [3.05, 3.63) is 29.8 Å². The maximum absolute atomic E-state index is 12.1. The Morgan fingerprint density at radius 3 is 2.54 bits per heavy atom. The Kier molecular flexibility index (Phi) is 9.45. The molecule has 0 N–H and O–H groups in total. The molecule has 5 nitrogen and oxygen atoms in total. The number of hydrogen-bond acceptors (Lipinski definition) is 5. The first kappa shape index (κ1) is 22.9. The van der Waals surface area contributed by atoms with Gasteiger partial charge in [0.25, 0.3) is 0 Å². The van der Waals surface area contributed by atoms with Crippen molar-refractivity contribution in [3.8, 4) is 5.75 Å². The van der Waals surface area contributed by atoms with E-state index in [1.54, 1.807) is 13.8 Å². The first-order valence-corrected chi connectivity index (χ1v) is 12.1. The standard InChI is InChI=1S/C22H34O5S/c1-18(2)28(24,25)15-7-3-4-8-20(23)16-19-10-12-21(13-11-19)27-17-22-9-5-6-14-26-22/h10-13,18,22H,3-9,14-17H2,1-2H3. The molecule has 1 heterocycles. The molecule has 0 aromatic heterocycles. The summed E-state index contributed by atoms with van der Waals surface area (Å²) in [7, 11) is -2.97. The van der Waals surface area contributed by atoms with Crippen LogP contribution in [0, 0.1) is 0 Å². The number of rotatable bonds is 12. The number of carbonyl (C=O) groups excluding carboxylic acids is 1. The van der Waals surface area contributed by atoms with Crippen molar-refractivity contribution < 1.29 is 22.7 Å². The third-order valence-corrected chi connectivity index (χ3v) is 7.43. The summed E-state index contributed by atoms with van der Waals surface area (Å²) in [5.41, 5.74) is 0.980. The van der Waals surface area contributed by atoms with Crippen LogP contribution in [0.2, 0.25) is 0 Å². The van der Waals surface area contributed by atoms with E-state index in [1.165, 1.54) is 6.42 Å². The number of ether oxygens (including phenoxy) is 2. The van der Waals surface area contributed by atoms with Gasteiger partial charge in [-0.2, -0.15) is 0 Å². The van der Waals surface area contributed by atoms with Crippen molar-refractivity contribution in [1.29, 1.82) is 0 Å². The molecule has 1 aliphatic rings. The van der Waals surface area contributed by atoms with E-state index in [0.29, 0.717) is 25.9 Å². The smallest absolute Gasteiger partial charge is 0.152 e. The Hall–Kier alpha value is -1.40. The predicted molar refractivity (Wildman–Crippen MR) is 112 cm³/mol. The lowest BCUT2D eigenvalue weighted by Gasteiger charge is -2.22. The van der Waals surface area contributed by atoms with Gasteiger partial charge in [-0.05, 0) is 63.6 Å². The van der Waals surface area contributed by atoms with Crippen molar-refractivity contribution in [3.63, 3.8) is 0 Å². The van der Waals surface area contributed by atoms with E-state index < -0.39 is 9.84 Å². The van der Waals surface area contributed by atoms with Crippen LogP contribution < -0.4 is 4.74 Å². The van der Waals surface area contributed by atoms with Crippen molar-refractivity contribution >= 4 is 15.6 Å². The van der Waals surface area contributed by atoms with Crippen LogP contribution in [0.3, 0.4) is 0 Å². The molecule has 0 amide bonds. The van der Waals surface area contributed by atoms with Gasteiger partial charge in [0, 0.05) is 19.4 Å². The summed E-state index contributed by atoms with van der Waals surface area (Å²) in [5.74, 6) is 1.21. The Labute approximate surface area is 169 Å². The molecule has 1 aliphatic heterocycles.